The van der Waals surface area contributed by atoms with Crippen molar-refractivity contribution < 1.29 is 24.1 Å². The lowest BCUT2D eigenvalue weighted by Gasteiger charge is -2.57. The first kappa shape index (κ1) is 20.6. The van der Waals surface area contributed by atoms with E-state index in [0.29, 0.717) is 5.92 Å². The zero-order chi connectivity index (χ0) is 19.8. The highest BCUT2D eigenvalue weighted by molar-refractivity contribution is 5.75. The van der Waals surface area contributed by atoms with E-state index in [1.54, 1.807) is 14.2 Å². The summed E-state index contributed by atoms with van der Waals surface area (Å²) in [4.78, 5) is 12.1. The molecule has 3 aliphatic rings. The molecule has 2 aliphatic carbocycles. The highest BCUT2D eigenvalue weighted by Crippen LogP contribution is 2.62. The molecular formula is C22H34O5. The highest BCUT2D eigenvalue weighted by Gasteiger charge is 2.57. The van der Waals surface area contributed by atoms with E-state index < -0.39 is 11.4 Å². The fraction of sp³-hybridized carbons (Fsp3) is 0.773. The van der Waals surface area contributed by atoms with Crippen LogP contribution in [-0.2, 0) is 19.0 Å². The molecule has 0 amide bonds. The van der Waals surface area contributed by atoms with E-state index in [4.69, 9.17) is 14.2 Å². The van der Waals surface area contributed by atoms with E-state index >= 15 is 0 Å². The van der Waals surface area contributed by atoms with E-state index in [0.717, 1.165) is 50.5 Å². The van der Waals surface area contributed by atoms with Crippen molar-refractivity contribution in [3.05, 3.63) is 23.8 Å². The summed E-state index contributed by atoms with van der Waals surface area (Å²) in [5.74, 6) is -0.111. The number of carbonyl (C=O) groups is 1. The van der Waals surface area contributed by atoms with Crippen molar-refractivity contribution >= 4 is 5.97 Å². The van der Waals surface area contributed by atoms with Crippen LogP contribution in [0, 0.1) is 22.7 Å². The Labute approximate surface area is 162 Å². The zero-order valence-corrected chi connectivity index (χ0v) is 17.1. The number of methoxy groups -OCH3 is 2. The monoisotopic (exact) mass is 378 g/mol. The third-order valence-electron chi connectivity index (χ3n) is 7.59. The number of ether oxygens (including phenoxy) is 3. The van der Waals surface area contributed by atoms with Gasteiger partial charge in [-0.25, -0.2) is 0 Å². The average molecular weight is 379 g/mol. The molecule has 0 aromatic heterocycles. The van der Waals surface area contributed by atoms with Gasteiger partial charge in [-0.05, 0) is 74.3 Å². The fourth-order valence-corrected chi connectivity index (χ4v) is 6.08. The average Bonchev–Trinajstić information content (AvgIpc) is 3.03. The van der Waals surface area contributed by atoms with Gasteiger partial charge in [0.2, 0.25) is 0 Å². The zero-order valence-electron chi connectivity index (χ0n) is 17.1. The highest BCUT2D eigenvalue weighted by atomic mass is 16.8. The molecule has 27 heavy (non-hydrogen) atoms. The fourth-order valence-electron chi connectivity index (χ4n) is 6.08. The molecule has 5 nitrogen and oxygen atoms in total. The summed E-state index contributed by atoms with van der Waals surface area (Å²) in [6, 6.07) is 0. The SMILES string of the molecule is C=C1CCC2C(C)(C(=O)O)CCCC2(C)C1CCC1=CC(OC)OC1OC. The third kappa shape index (κ3) is 3.50. The molecule has 1 N–H and O–H groups in total. The van der Waals surface area contributed by atoms with Crippen LogP contribution in [0.1, 0.15) is 58.8 Å². The second kappa shape index (κ2) is 7.69. The van der Waals surface area contributed by atoms with Gasteiger partial charge in [0, 0.05) is 14.2 Å². The Bertz CT molecular complexity index is 626. The van der Waals surface area contributed by atoms with Crippen LogP contribution < -0.4 is 0 Å². The Morgan fingerprint density at radius 3 is 2.70 bits per heavy atom. The van der Waals surface area contributed by atoms with Gasteiger partial charge in [0.25, 0.3) is 0 Å². The van der Waals surface area contributed by atoms with Crippen LogP contribution in [0.5, 0.6) is 0 Å². The van der Waals surface area contributed by atoms with Crippen molar-refractivity contribution in [2.45, 2.75) is 71.4 Å². The van der Waals surface area contributed by atoms with Crippen molar-refractivity contribution in [3.8, 4) is 0 Å². The van der Waals surface area contributed by atoms with Crippen molar-refractivity contribution in [3.63, 3.8) is 0 Å². The Kier molecular flexibility index (Phi) is 5.85. The molecule has 0 aromatic carbocycles. The van der Waals surface area contributed by atoms with Crippen LogP contribution in [0.2, 0.25) is 0 Å². The lowest BCUT2D eigenvalue weighted by atomic mass is 9.46. The molecule has 0 saturated heterocycles. The van der Waals surface area contributed by atoms with Crippen LogP contribution in [0.25, 0.3) is 0 Å². The number of rotatable bonds is 6. The van der Waals surface area contributed by atoms with E-state index in [-0.39, 0.29) is 23.9 Å². The maximum Gasteiger partial charge on any atom is 0.309 e. The molecule has 0 radical (unpaired) electrons. The lowest BCUT2D eigenvalue weighted by molar-refractivity contribution is -0.177. The van der Waals surface area contributed by atoms with Crippen LogP contribution in [0.4, 0.5) is 0 Å². The molecule has 5 heteroatoms. The molecule has 2 fully saturated rings. The number of aliphatic carboxylic acids is 1. The second-order valence-corrected chi connectivity index (χ2v) is 8.97. The Morgan fingerprint density at radius 1 is 1.33 bits per heavy atom. The summed E-state index contributed by atoms with van der Waals surface area (Å²) in [6.45, 7) is 8.65. The quantitative estimate of drug-likeness (QED) is 0.688. The third-order valence-corrected chi connectivity index (χ3v) is 7.59. The standard InChI is InChI=1S/C22H34O5/c1-14-7-10-17-21(2,11-6-12-22(17,3)20(23)24)16(14)9-8-15-13-18(25-4)27-19(15)26-5/h13,16-19H,1,6-12H2,2-5H3,(H,23,24). The molecular weight excluding hydrogens is 344 g/mol. The van der Waals surface area contributed by atoms with Crippen LogP contribution in [0.15, 0.2) is 23.8 Å². The van der Waals surface area contributed by atoms with Gasteiger partial charge >= 0.3 is 5.97 Å². The molecule has 152 valence electrons. The second-order valence-electron chi connectivity index (χ2n) is 8.97. The minimum atomic E-state index is -0.640. The minimum absolute atomic E-state index is 0.00995. The van der Waals surface area contributed by atoms with E-state index in [9.17, 15) is 9.90 Å². The maximum absolute atomic E-state index is 12.1. The molecule has 0 bridgehead atoms. The maximum atomic E-state index is 12.1. The predicted octanol–water partition coefficient (Wildman–Crippen LogP) is 4.53. The van der Waals surface area contributed by atoms with E-state index in [1.807, 2.05) is 13.0 Å². The number of fused-ring (bicyclic) bond motifs is 1. The summed E-state index contributed by atoms with van der Waals surface area (Å²) < 4.78 is 16.4. The molecule has 2 saturated carbocycles. The van der Waals surface area contributed by atoms with Crippen molar-refractivity contribution in [2.24, 2.45) is 22.7 Å². The summed E-state index contributed by atoms with van der Waals surface area (Å²) in [5, 5.41) is 9.95. The van der Waals surface area contributed by atoms with Gasteiger partial charge in [0.15, 0.2) is 12.6 Å². The Balaban J connectivity index is 1.80. The normalized spacial score (nSPS) is 41.9. The van der Waals surface area contributed by atoms with Gasteiger partial charge < -0.3 is 19.3 Å². The lowest BCUT2D eigenvalue weighted by Crippen LogP contribution is -2.53. The first-order chi connectivity index (χ1) is 12.8. The molecule has 6 unspecified atom stereocenters. The van der Waals surface area contributed by atoms with E-state index in [1.165, 1.54) is 5.57 Å². The molecule has 3 rings (SSSR count). The molecule has 0 aromatic rings. The van der Waals surface area contributed by atoms with Crippen molar-refractivity contribution in [2.75, 3.05) is 14.2 Å². The largest absolute Gasteiger partial charge is 0.481 e. The number of carboxylic acid groups (broad SMARTS) is 1. The smallest absolute Gasteiger partial charge is 0.309 e. The number of hydrogen-bond donors (Lipinski definition) is 1. The molecule has 6 atom stereocenters. The van der Waals surface area contributed by atoms with Crippen LogP contribution in [-0.4, -0.2) is 37.9 Å². The van der Waals surface area contributed by atoms with Gasteiger partial charge in [0.05, 0.1) is 5.41 Å². The number of carboxylic acids is 1. The van der Waals surface area contributed by atoms with Crippen molar-refractivity contribution in [1.29, 1.82) is 0 Å². The molecule has 1 aliphatic heterocycles. The summed E-state index contributed by atoms with van der Waals surface area (Å²) in [5.41, 5.74) is 1.75. The van der Waals surface area contributed by atoms with Gasteiger partial charge in [-0.15, -0.1) is 0 Å². The minimum Gasteiger partial charge on any atom is -0.481 e. The molecule has 0 spiro atoms. The molecule has 1 heterocycles. The van der Waals surface area contributed by atoms with Gasteiger partial charge in [-0.1, -0.05) is 25.5 Å². The number of hydrogen-bond acceptors (Lipinski definition) is 4. The van der Waals surface area contributed by atoms with E-state index in [2.05, 4.69) is 13.5 Å². The topological polar surface area (TPSA) is 65.0 Å². The van der Waals surface area contributed by atoms with Crippen LogP contribution in [0.3, 0.4) is 0 Å². The first-order valence-electron chi connectivity index (χ1n) is 10.1. The summed E-state index contributed by atoms with van der Waals surface area (Å²) in [6.07, 6.45) is 7.79. The Morgan fingerprint density at radius 2 is 2.07 bits per heavy atom. The first-order valence-corrected chi connectivity index (χ1v) is 10.1. The summed E-state index contributed by atoms with van der Waals surface area (Å²) in [7, 11) is 3.27. The van der Waals surface area contributed by atoms with Crippen molar-refractivity contribution in [1.82, 2.24) is 0 Å². The van der Waals surface area contributed by atoms with Gasteiger partial charge in [-0.3, -0.25) is 4.79 Å². The predicted molar refractivity (Wildman–Crippen MR) is 103 cm³/mol. The van der Waals surface area contributed by atoms with Crippen LogP contribution >= 0.6 is 0 Å². The Hall–Kier alpha value is -1.17. The summed E-state index contributed by atoms with van der Waals surface area (Å²) >= 11 is 0. The van der Waals surface area contributed by atoms with Gasteiger partial charge in [0.1, 0.15) is 0 Å². The van der Waals surface area contributed by atoms with Gasteiger partial charge in [-0.2, -0.15) is 0 Å². The number of allylic oxidation sites excluding steroid dienone is 1.